The Kier molecular flexibility index (Phi) is 3.12. The monoisotopic (exact) mass is 236 g/mol. The van der Waals surface area contributed by atoms with Crippen molar-refractivity contribution < 1.29 is 4.79 Å². The van der Waals surface area contributed by atoms with Crippen LogP contribution in [-0.4, -0.2) is 36.5 Å². The number of piperidine rings is 1. The minimum Gasteiger partial charge on any atom is -0.341 e. The normalized spacial score (nSPS) is 41.6. The maximum Gasteiger partial charge on any atom is 0.239 e. The first kappa shape index (κ1) is 11.5. The predicted octanol–water partition coefficient (Wildman–Crippen LogP) is 1.63. The van der Waals surface area contributed by atoms with Crippen molar-refractivity contribution in [3.05, 3.63) is 0 Å². The molecule has 4 unspecified atom stereocenters. The fourth-order valence-corrected chi connectivity index (χ4v) is 3.99. The van der Waals surface area contributed by atoms with Crippen LogP contribution in [0.2, 0.25) is 0 Å². The molecule has 2 saturated heterocycles. The van der Waals surface area contributed by atoms with Crippen LogP contribution in [0.15, 0.2) is 0 Å². The number of fused-ring (bicyclic) bond motifs is 1. The van der Waals surface area contributed by atoms with Gasteiger partial charge >= 0.3 is 0 Å². The zero-order valence-corrected chi connectivity index (χ0v) is 10.8. The Bertz CT molecular complexity index is 293. The van der Waals surface area contributed by atoms with Crippen molar-refractivity contribution in [1.29, 1.82) is 0 Å². The molecule has 3 aliphatic rings. The number of hydrogen-bond donors (Lipinski definition) is 1. The Labute approximate surface area is 104 Å². The molecule has 3 fully saturated rings. The zero-order chi connectivity index (χ0) is 11.8. The van der Waals surface area contributed by atoms with Gasteiger partial charge in [-0.3, -0.25) is 4.79 Å². The minimum absolute atomic E-state index is 0.0996. The summed E-state index contributed by atoms with van der Waals surface area (Å²) in [6, 6.07) is 0.0996. The summed E-state index contributed by atoms with van der Waals surface area (Å²) in [5.41, 5.74) is 0. The fourth-order valence-electron chi connectivity index (χ4n) is 3.99. The SMILES string of the molecule is CC1CCCNC1C(=O)N1CC2CCCC2C1. The maximum atomic E-state index is 12.5. The second-order valence-corrected chi connectivity index (χ2v) is 6.25. The predicted molar refractivity (Wildman–Crippen MR) is 67.6 cm³/mol. The van der Waals surface area contributed by atoms with Crippen LogP contribution in [0.1, 0.15) is 39.0 Å². The van der Waals surface area contributed by atoms with E-state index in [1.807, 2.05) is 0 Å². The fraction of sp³-hybridized carbons (Fsp3) is 0.929. The Hall–Kier alpha value is -0.570. The van der Waals surface area contributed by atoms with Gasteiger partial charge in [-0.1, -0.05) is 13.3 Å². The van der Waals surface area contributed by atoms with Crippen LogP contribution in [0.4, 0.5) is 0 Å². The van der Waals surface area contributed by atoms with Crippen molar-refractivity contribution in [1.82, 2.24) is 10.2 Å². The van der Waals surface area contributed by atoms with Gasteiger partial charge < -0.3 is 10.2 Å². The van der Waals surface area contributed by atoms with Gasteiger partial charge in [0.2, 0.25) is 5.91 Å². The molecule has 3 heteroatoms. The molecule has 0 aromatic rings. The number of amides is 1. The summed E-state index contributed by atoms with van der Waals surface area (Å²) in [6.45, 7) is 5.30. The van der Waals surface area contributed by atoms with Gasteiger partial charge in [0.1, 0.15) is 0 Å². The highest BCUT2D eigenvalue weighted by molar-refractivity contribution is 5.82. The largest absolute Gasteiger partial charge is 0.341 e. The Morgan fingerprint density at radius 2 is 1.82 bits per heavy atom. The van der Waals surface area contributed by atoms with E-state index in [0.29, 0.717) is 11.8 Å². The van der Waals surface area contributed by atoms with Gasteiger partial charge in [0.25, 0.3) is 0 Å². The molecule has 0 radical (unpaired) electrons. The third-order valence-electron chi connectivity index (χ3n) is 5.07. The van der Waals surface area contributed by atoms with Crippen molar-refractivity contribution in [2.24, 2.45) is 17.8 Å². The van der Waals surface area contributed by atoms with Crippen molar-refractivity contribution >= 4 is 5.91 Å². The summed E-state index contributed by atoms with van der Waals surface area (Å²) in [6.07, 6.45) is 6.50. The average Bonchev–Trinajstić information content (AvgIpc) is 2.88. The number of nitrogens with one attached hydrogen (secondary N) is 1. The highest BCUT2D eigenvalue weighted by Gasteiger charge is 2.40. The Balaban J connectivity index is 1.62. The van der Waals surface area contributed by atoms with Gasteiger partial charge in [-0.05, 0) is 50.0 Å². The summed E-state index contributed by atoms with van der Waals surface area (Å²) in [5.74, 6) is 2.53. The minimum atomic E-state index is 0.0996. The second-order valence-electron chi connectivity index (χ2n) is 6.25. The van der Waals surface area contributed by atoms with Crippen LogP contribution in [-0.2, 0) is 4.79 Å². The molecule has 4 atom stereocenters. The number of carbonyl (C=O) groups excluding carboxylic acids is 1. The van der Waals surface area contributed by atoms with Crippen molar-refractivity contribution in [3.63, 3.8) is 0 Å². The molecule has 17 heavy (non-hydrogen) atoms. The van der Waals surface area contributed by atoms with E-state index in [0.717, 1.165) is 31.5 Å². The van der Waals surface area contributed by atoms with Crippen LogP contribution in [0.25, 0.3) is 0 Å². The number of likely N-dealkylation sites (tertiary alicyclic amines) is 1. The first-order valence-electron chi connectivity index (χ1n) is 7.28. The van der Waals surface area contributed by atoms with E-state index in [2.05, 4.69) is 17.1 Å². The molecule has 1 N–H and O–H groups in total. The van der Waals surface area contributed by atoms with Crippen LogP contribution in [0, 0.1) is 17.8 Å². The molecule has 1 saturated carbocycles. The topological polar surface area (TPSA) is 32.3 Å². The number of nitrogens with zero attached hydrogens (tertiary/aromatic N) is 1. The summed E-state index contributed by atoms with van der Waals surface area (Å²) in [5, 5.41) is 3.42. The van der Waals surface area contributed by atoms with Gasteiger partial charge in [-0.15, -0.1) is 0 Å². The molecule has 2 aliphatic heterocycles. The molecular formula is C14H24N2O. The molecule has 0 bridgehead atoms. The molecule has 1 aliphatic carbocycles. The first-order chi connectivity index (χ1) is 8.25. The van der Waals surface area contributed by atoms with E-state index >= 15 is 0 Å². The van der Waals surface area contributed by atoms with Crippen LogP contribution in [0.5, 0.6) is 0 Å². The smallest absolute Gasteiger partial charge is 0.239 e. The van der Waals surface area contributed by atoms with Gasteiger partial charge in [-0.25, -0.2) is 0 Å². The van der Waals surface area contributed by atoms with Gasteiger partial charge in [-0.2, -0.15) is 0 Å². The summed E-state index contributed by atoms with van der Waals surface area (Å²) < 4.78 is 0. The molecule has 2 heterocycles. The quantitative estimate of drug-likeness (QED) is 0.750. The molecular weight excluding hydrogens is 212 g/mol. The third kappa shape index (κ3) is 2.10. The lowest BCUT2D eigenvalue weighted by molar-refractivity contribution is -0.134. The van der Waals surface area contributed by atoms with E-state index in [1.54, 1.807) is 0 Å². The molecule has 0 aromatic carbocycles. The standard InChI is InChI=1S/C14H24N2O/c1-10-4-3-7-15-13(10)14(17)16-8-11-5-2-6-12(11)9-16/h10-13,15H,2-9H2,1H3. The molecule has 0 spiro atoms. The van der Waals surface area contributed by atoms with Crippen molar-refractivity contribution in [2.75, 3.05) is 19.6 Å². The van der Waals surface area contributed by atoms with E-state index in [-0.39, 0.29) is 6.04 Å². The Morgan fingerprint density at radius 1 is 1.12 bits per heavy atom. The number of hydrogen-bond acceptors (Lipinski definition) is 2. The lowest BCUT2D eigenvalue weighted by Crippen LogP contribution is -2.51. The highest BCUT2D eigenvalue weighted by Crippen LogP contribution is 2.38. The van der Waals surface area contributed by atoms with Gasteiger partial charge in [0.05, 0.1) is 6.04 Å². The van der Waals surface area contributed by atoms with E-state index in [4.69, 9.17) is 0 Å². The van der Waals surface area contributed by atoms with Gasteiger partial charge in [0.15, 0.2) is 0 Å². The van der Waals surface area contributed by atoms with Gasteiger partial charge in [0, 0.05) is 13.1 Å². The molecule has 3 rings (SSSR count). The highest BCUT2D eigenvalue weighted by atomic mass is 16.2. The lowest BCUT2D eigenvalue weighted by atomic mass is 9.92. The third-order valence-corrected chi connectivity index (χ3v) is 5.07. The van der Waals surface area contributed by atoms with E-state index in [9.17, 15) is 4.79 Å². The number of rotatable bonds is 1. The summed E-state index contributed by atoms with van der Waals surface area (Å²) in [7, 11) is 0. The van der Waals surface area contributed by atoms with Crippen LogP contribution in [0.3, 0.4) is 0 Å². The summed E-state index contributed by atoms with van der Waals surface area (Å²) >= 11 is 0. The second kappa shape index (κ2) is 4.60. The van der Waals surface area contributed by atoms with E-state index < -0.39 is 0 Å². The van der Waals surface area contributed by atoms with Crippen LogP contribution < -0.4 is 5.32 Å². The average molecular weight is 236 g/mol. The first-order valence-corrected chi connectivity index (χ1v) is 7.28. The van der Waals surface area contributed by atoms with Crippen molar-refractivity contribution in [2.45, 2.75) is 45.1 Å². The molecule has 96 valence electrons. The Morgan fingerprint density at radius 3 is 2.47 bits per heavy atom. The van der Waals surface area contributed by atoms with Crippen LogP contribution >= 0.6 is 0 Å². The van der Waals surface area contributed by atoms with E-state index in [1.165, 1.54) is 32.1 Å². The molecule has 3 nitrogen and oxygen atoms in total. The maximum absolute atomic E-state index is 12.5. The van der Waals surface area contributed by atoms with Crippen molar-refractivity contribution in [3.8, 4) is 0 Å². The molecule has 1 amide bonds. The zero-order valence-electron chi connectivity index (χ0n) is 10.8. The lowest BCUT2D eigenvalue weighted by Gasteiger charge is -2.32. The molecule has 0 aromatic heterocycles. The number of carbonyl (C=O) groups is 1. The summed E-state index contributed by atoms with van der Waals surface area (Å²) in [4.78, 5) is 14.7.